The van der Waals surface area contributed by atoms with Crippen molar-refractivity contribution in [3.8, 4) is 5.75 Å². The predicted octanol–water partition coefficient (Wildman–Crippen LogP) is 2.98. The summed E-state index contributed by atoms with van der Waals surface area (Å²) in [5.74, 6) is 0.0534. The second-order valence-corrected chi connectivity index (χ2v) is 7.54. The highest BCUT2D eigenvalue weighted by Gasteiger charge is 2.30. The maximum absolute atomic E-state index is 13.5. The van der Waals surface area contributed by atoms with Crippen LogP contribution in [0, 0.1) is 5.82 Å². The van der Waals surface area contributed by atoms with Gasteiger partial charge in [0.1, 0.15) is 18.2 Å². The first-order valence-electron chi connectivity index (χ1n) is 10.3. The molecular weight excluding hydrogens is 387 g/mol. The maximum atomic E-state index is 13.5. The third-order valence-electron chi connectivity index (χ3n) is 5.55. The molecule has 2 aromatic carbocycles. The second-order valence-electron chi connectivity index (χ2n) is 7.54. The molecule has 2 aliphatic rings. The van der Waals surface area contributed by atoms with Crippen LogP contribution in [-0.2, 0) is 4.74 Å². The highest BCUT2D eigenvalue weighted by atomic mass is 19.1. The summed E-state index contributed by atoms with van der Waals surface area (Å²) in [5.41, 5.74) is 0.973. The van der Waals surface area contributed by atoms with Gasteiger partial charge in [-0.3, -0.25) is 9.59 Å². The van der Waals surface area contributed by atoms with Crippen molar-refractivity contribution in [3.63, 3.8) is 0 Å². The molecule has 6 nitrogen and oxygen atoms in total. The van der Waals surface area contributed by atoms with Crippen molar-refractivity contribution in [1.29, 1.82) is 0 Å². The highest BCUT2D eigenvalue weighted by Crippen LogP contribution is 2.22. The molecule has 0 spiro atoms. The van der Waals surface area contributed by atoms with Crippen molar-refractivity contribution in [3.05, 3.63) is 65.5 Å². The summed E-state index contributed by atoms with van der Waals surface area (Å²) in [7, 11) is 0. The number of amides is 2. The van der Waals surface area contributed by atoms with Crippen molar-refractivity contribution in [2.45, 2.75) is 18.9 Å². The summed E-state index contributed by atoms with van der Waals surface area (Å²) in [5, 5.41) is 0. The first kappa shape index (κ1) is 20.3. The van der Waals surface area contributed by atoms with Gasteiger partial charge in [0.05, 0.1) is 19.3 Å². The number of hydrogen-bond acceptors (Lipinski definition) is 4. The van der Waals surface area contributed by atoms with E-state index in [4.69, 9.17) is 9.47 Å². The average Bonchev–Trinajstić information content (AvgIpc) is 3.26. The average molecular weight is 412 g/mol. The van der Waals surface area contributed by atoms with Gasteiger partial charge in [0.2, 0.25) is 0 Å². The SMILES string of the molecule is O=C(c1ccc(OC[C@H]2CCCN2C(=O)c2cccc(F)c2)cc1)N1CCOCC1. The minimum absolute atomic E-state index is 0.00694. The van der Waals surface area contributed by atoms with Gasteiger partial charge in [0.25, 0.3) is 11.8 Å². The number of hydrogen-bond donors (Lipinski definition) is 0. The molecule has 0 bridgehead atoms. The predicted molar refractivity (Wildman–Crippen MR) is 109 cm³/mol. The fourth-order valence-electron chi connectivity index (χ4n) is 3.90. The summed E-state index contributed by atoms with van der Waals surface area (Å²) in [6.07, 6.45) is 1.73. The molecule has 2 amide bonds. The van der Waals surface area contributed by atoms with Crippen LogP contribution in [0.5, 0.6) is 5.75 Å². The number of nitrogens with zero attached hydrogens (tertiary/aromatic N) is 2. The minimum Gasteiger partial charge on any atom is -0.491 e. The molecule has 2 fully saturated rings. The van der Waals surface area contributed by atoms with E-state index in [0.29, 0.717) is 56.3 Å². The van der Waals surface area contributed by atoms with Crippen LogP contribution in [0.1, 0.15) is 33.6 Å². The Morgan fingerprint density at radius 2 is 1.77 bits per heavy atom. The second kappa shape index (κ2) is 9.26. The minimum atomic E-state index is -0.417. The van der Waals surface area contributed by atoms with Crippen molar-refractivity contribution in [1.82, 2.24) is 9.80 Å². The zero-order chi connectivity index (χ0) is 20.9. The molecule has 158 valence electrons. The molecule has 1 atom stereocenters. The van der Waals surface area contributed by atoms with Crippen LogP contribution in [0.2, 0.25) is 0 Å². The molecule has 0 N–H and O–H groups in total. The summed E-state index contributed by atoms with van der Waals surface area (Å²) in [4.78, 5) is 28.8. The number of carbonyl (C=O) groups excluding carboxylic acids is 2. The van der Waals surface area contributed by atoms with Gasteiger partial charge in [-0.25, -0.2) is 4.39 Å². The van der Waals surface area contributed by atoms with Gasteiger partial charge < -0.3 is 19.3 Å². The van der Waals surface area contributed by atoms with E-state index in [1.165, 1.54) is 12.1 Å². The van der Waals surface area contributed by atoms with E-state index in [9.17, 15) is 14.0 Å². The van der Waals surface area contributed by atoms with Crippen LogP contribution in [-0.4, -0.2) is 67.1 Å². The number of likely N-dealkylation sites (tertiary alicyclic amines) is 1. The Hall–Kier alpha value is -2.93. The number of morpholine rings is 1. The standard InChI is InChI=1S/C23H25FN2O4/c24-19-4-1-3-18(15-19)23(28)26-10-2-5-20(26)16-30-21-8-6-17(7-9-21)22(27)25-11-13-29-14-12-25/h1,3-4,6-9,15,20H,2,5,10-14,16H2/t20-/m1/s1. The normalized spacial score (nSPS) is 19.0. The first-order chi connectivity index (χ1) is 14.6. The van der Waals surface area contributed by atoms with Crippen molar-refractivity contribution in [2.24, 2.45) is 0 Å². The molecular formula is C23H25FN2O4. The Balaban J connectivity index is 1.34. The van der Waals surface area contributed by atoms with Crippen molar-refractivity contribution < 1.29 is 23.5 Å². The van der Waals surface area contributed by atoms with Gasteiger partial charge >= 0.3 is 0 Å². The van der Waals surface area contributed by atoms with Crippen molar-refractivity contribution >= 4 is 11.8 Å². The van der Waals surface area contributed by atoms with E-state index in [2.05, 4.69) is 0 Å². The third kappa shape index (κ3) is 4.62. The molecule has 2 saturated heterocycles. The molecule has 2 heterocycles. The molecule has 0 aromatic heterocycles. The number of benzene rings is 2. The lowest BCUT2D eigenvalue weighted by Gasteiger charge is -2.27. The van der Waals surface area contributed by atoms with E-state index in [1.807, 2.05) is 0 Å². The van der Waals surface area contributed by atoms with Crippen LogP contribution in [0.25, 0.3) is 0 Å². The highest BCUT2D eigenvalue weighted by molar-refractivity contribution is 5.95. The number of halogens is 1. The van der Waals surface area contributed by atoms with E-state index in [1.54, 1.807) is 46.2 Å². The molecule has 2 aromatic rings. The molecule has 0 saturated carbocycles. The monoisotopic (exact) mass is 412 g/mol. The van der Waals surface area contributed by atoms with E-state index < -0.39 is 5.82 Å². The molecule has 4 rings (SSSR count). The fraction of sp³-hybridized carbons (Fsp3) is 0.391. The Morgan fingerprint density at radius 1 is 1.00 bits per heavy atom. The van der Waals surface area contributed by atoms with Gasteiger partial charge in [-0.15, -0.1) is 0 Å². The Kier molecular flexibility index (Phi) is 6.28. The topological polar surface area (TPSA) is 59.1 Å². The molecule has 7 heteroatoms. The Labute approximate surface area is 175 Å². The summed E-state index contributed by atoms with van der Waals surface area (Å²) < 4.78 is 24.6. The van der Waals surface area contributed by atoms with Gasteiger partial charge in [-0.1, -0.05) is 6.07 Å². The fourth-order valence-corrected chi connectivity index (χ4v) is 3.90. The van der Waals surface area contributed by atoms with Gasteiger partial charge in [0, 0.05) is 30.8 Å². The number of carbonyl (C=O) groups is 2. The molecule has 30 heavy (non-hydrogen) atoms. The quantitative estimate of drug-likeness (QED) is 0.758. The maximum Gasteiger partial charge on any atom is 0.254 e. The van der Waals surface area contributed by atoms with Gasteiger partial charge in [-0.05, 0) is 55.3 Å². The van der Waals surface area contributed by atoms with Crippen LogP contribution in [0.3, 0.4) is 0 Å². The summed E-state index contributed by atoms with van der Waals surface area (Å²) in [6.45, 7) is 3.34. The Morgan fingerprint density at radius 3 is 2.50 bits per heavy atom. The molecule has 0 aliphatic carbocycles. The van der Waals surface area contributed by atoms with Crippen molar-refractivity contribution in [2.75, 3.05) is 39.5 Å². The Bertz CT molecular complexity index is 896. The molecule has 0 unspecified atom stereocenters. The zero-order valence-electron chi connectivity index (χ0n) is 16.8. The summed E-state index contributed by atoms with van der Waals surface area (Å²) in [6, 6.07) is 12.8. The molecule has 2 aliphatic heterocycles. The third-order valence-corrected chi connectivity index (χ3v) is 5.55. The van der Waals surface area contributed by atoms with Crippen LogP contribution >= 0.6 is 0 Å². The lowest BCUT2D eigenvalue weighted by molar-refractivity contribution is 0.0303. The number of rotatable bonds is 5. The van der Waals surface area contributed by atoms with E-state index in [0.717, 1.165) is 12.8 Å². The van der Waals surface area contributed by atoms with Gasteiger partial charge in [0.15, 0.2) is 0 Å². The lowest BCUT2D eigenvalue weighted by atomic mass is 10.1. The summed E-state index contributed by atoms with van der Waals surface area (Å²) >= 11 is 0. The smallest absolute Gasteiger partial charge is 0.254 e. The molecule has 0 radical (unpaired) electrons. The number of ether oxygens (including phenoxy) is 2. The van der Waals surface area contributed by atoms with Crippen LogP contribution < -0.4 is 4.74 Å². The zero-order valence-corrected chi connectivity index (χ0v) is 16.8. The lowest BCUT2D eigenvalue weighted by Crippen LogP contribution is -2.40. The van der Waals surface area contributed by atoms with Crippen LogP contribution in [0.4, 0.5) is 4.39 Å². The van der Waals surface area contributed by atoms with Gasteiger partial charge in [-0.2, -0.15) is 0 Å². The van der Waals surface area contributed by atoms with E-state index >= 15 is 0 Å². The largest absolute Gasteiger partial charge is 0.491 e. The van der Waals surface area contributed by atoms with E-state index in [-0.39, 0.29) is 17.9 Å². The first-order valence-corrected chi connectivity index (χ1v) is 10.3. The van der Waals surface area contributed by atoms with Crippen LogP contribution in [0.15, 0.2) is 48.5 Å².